The lowest BCUT2D eigenvalue weighted by atomic mass is 9.97. The van der Waals surface area contributed by atoms with Gasteiger partial charge in [-0.15, -0.1) is 11.3 Å². The van der Waals surface area contributed by atoms with Gasteiger partial charge in [-0.25, -0.2) is 9.97 Å². The summed E-state index contributed by atoms with van der Waals surface area (Å²) in [6.45, 7) is 0. The Bertz CT molecular complexity index is 2790. The summed E-state index contributed by atoms with van der Waals surface area (Å²) in [5.74, 6) is 0. The molecule has 204 valence electrons. The number of rotatable bonds is 2. The second-order valence-corrected chi connectivity index (χ2v) is 12.4. The fraction of sp³-hybridized carbons (Fsp3) is 0. The Morgan fingerprint density at radius 3 is 1.89 bits per heavy atom. The monoisotopic (exact) mass is 578 g/mol. The molecule has 0 aliphatic carbocycles. The molecule has 4 heteroatoms. The van der Waals surface area contributed by atoms with E-state index < -0.39 is 0 Å². The zero-order valence-corrected chi connectivity index (χ0v) is 24.2. The average molecular weight is 579 g/mol. The Hall–Kier alpha value is -5.58. The average Bonchev–Trinajstić information content (AvgIpc) is 3.65. The lowest BCUT2D eigenvalue weighted by Crippen LogP contribution is -1.89. The summed E-state index contributed by atoms with van der Waals surface area (Å²) in [7, 11) is 0. The molecule has 0 saturated heterocycles. The van der Waals surface area contributed by atoms with Gasteiger partial charge in [-0.2, -0.15) is 0 Å². The SMILES string of the molecule is c1cc(-c2ccc3c(c2)oc2nc4c5ccccc5c5ccccc5c4nc23)cc(-c2cccc3c2sc2ccccc23)c1. The minimum absolute atomic E-state index is 0.565. The van der Waals surface area contributed by atoms with Crippen LogP contribution < -0.4 is 0 Å². The molecule has 0 aliphatic rings. The molecular weight excluding hydrogens is 557 g/mol. The van der Waals surface area contributed by atoms with Gasteiger partial charge in [0.05, 0.1) is 5.52 Å². The number of fused-ring (bicyclic) bond motifs is 12. The van der Waals surface area contributed by atoms with E-state index in [1.54, 1.807) is 0 Å². The molecule has 0 bridgehead atoms. The molecule has 44 heavy (non-hydrogen) atoms. The van der Waals surface area contributed by atoms with Gasteiger partial charge in [-0.05, 0) is 57.3 Å². The molecule has 0 radical (unpaired) electrons. The summed E-state index contributed by atoms with van der Waals surface area (Å²) in [4.78, 5) is 10.3. The van der Waals surface area contributed by atoms with Crippen LogP contribution in [0.25, 0.3) is 97.2 Å². The highest BCUT2D eigenvalue weighted by Crippen LogP contribution is 2.41. The van der Waals surface area contributed by atoms with Crippen molar-refractivity contribution < 1.29 is 4.42 Å². The third-order valence-electron chi connectivity index (χ3n) is 8.87. The van der Waals surface area contributed by atoms with Crippen LogP contribution in [0.2, 0.25) is 0 Å². The van der Waals surface area contributed by atoms with Crippen LogP contribution in [0, 0.1) is 0 Å². The van der Waals surface area contributed by atoms with Crippen LogP contribution in [0.1, 0.15) is 0 Å². The maximum absolute atomic E-state index is 6.42. The van der Waals surface area contributed by atoms with Crippen LogP contribution in [-0.2, 0) is 0 Å². The van der Waals surface area contributed by atoms with E-state index in [4.69, 9.17) is 14.4 Å². The lowest BCUT2D eigenvalue weighted by molar-refractivity contribution is 0.655. The first-order chi connectivity index (χ1) is 21.8. The molecule has 0 N–H and O–H groups in total. The van der Waals surface area contributed by atoms with Crippen molar-refractivity contribution in [3.8, 4) is 22.3 Å². The van der Waals surface area contributed by atoms with Crippen LogP contribution in [0.4, 0.5) is 0 Å². The third-order valence-corrected chi connectivity index (χ3v) is 10.1. The minimum Gasteiger partial charge on any atom is -0.436 e. The van der Waals surface area contributed by atoms with Gasteiger partial charge in [0.25, 0.3) is 0 Å². The Morgan fingerprint density at radius 2 is 1.07 bits per heavy atom. The normalized spacial score (nSPS) is 12.1. The van der Waals surface area contributed by atoms with E-state index in [1.807, 2.05) is 11.3 Å². The molecule has 0 unspecified atom stereocenters. The molecule has 0 fully saturated rings. The molecule has 0 saturated carbocycles. The Kier molecular flexibility index (Phi) is 4.87. The van der Waals surface area contributed by atoms with Crippen molar-refractivity contribution in [2.75, 3.05) is 0 Å². The van der Waals surface area contributed by atoms with Crippen molar-refractivity contribution in [2.24, 2.45) is 0 Å². The number of aromatic nitrogens is 2. The molecule has 10 aromatic rings. The molecule has 3 aromatic heterocycles. The van der Waals surface area contributed by atoms with Gasteiger partial charge in [-0.3, -0.25) is 0 Å². The van der Waals surface area contributed by atoms with Crippen LogP contribution in [0.3, 0.4) is 0 Å². The number of nitrogens with zero attached hydrogens (tertiary/aromatic N) is 2. The van der Waals surface area contributed by atoms with Crippen LogP contribution in [0.5, 0.6) is 0 Å². The zero-order chi connectivity index (χ0) is 28.8. The minimum atomic E-state index is 0.565. The second-order valence-electron chi connectivity index (χ2n) is 11.3. The fourth-order valence-corrected chi connectivity index (χ4v) is 8.06. The number of thiophene rings is 1. The third kappa shape index (κ3) is 3.37. The van der Waals surface area contributed by atoms with Gasteiger partial charge in [0, 0.05) is 36.3 Å². The van der Waals surface area contributed by atoms with Crippen molar-refractivity contribution in [1.29, 1.82) is 0 Å². The summed E-state index contributed by atoms with van der Waals surface area (Å²) in [6.07, 6.45) is 0. The molecular formula is C40H22N2OS. The van der Waals surface area contributed by atoms with E-state index in [2.05, 4.69) is 133 Å². The molecule has 0 spiro atoms. The van der Waals surface area contributed by atoms with E-state index in [0.29, 0.717) is 5.71 Å². The first-order valence-corrected chi connectivity index (χ1v) is 15.6. The molecule has 3 nitrogen and oxygen atoms in total. The Morgan fingerprint density at radius 1 is 0.432 bits per heavy atom. The summed E-state index contributed by atoms with van der Waals surface area (Å²) >= 11 is 1.86. The fourth-order valence-electron chi connectivity index (χ4n) is 6.82. The number of furan rings is 1. The van der Waals surface area contributed by atoms with E-state index >= 15 is 0 Å². The predicted molar refractivity (Wildman–Crippen MR) is 186 cm³/mol. The second kappa shape index (κ2) is 8.96. The van der Waals surface area contributed by atoms with Gasteiger partial charge in [0.15, 0.2) is 0 Å². The van der Waals surface area contributed by atoms with Crippen molar-refractivity contribution in [3.05, 3.63) is 133 Å². The first-order valence-electron chi connectivity index (χ1n) is 14.7. The van der Waals surface area contributed by atoms with E-state index in [1.165, 1.54) is 42.1 Å². The van der Waals surface area contributed by atoms with Crippen molar-refractivity contribution in [2.45, 2.75) is 0 Å². The van der Waals surface area contributed by atoms with E-state index in [9.17, 15) is 0 Å². The topological polar surface area (TPSA) is 38.9 Å². The van der Waals surface area contributed by atoms with Gasteiger partial charge in [0.1, 0.15) is 16.6 Å². The molecule has 0 amide bonds. The molecule has 0 aliphatic heterocycles. The van der Waals surface area contributed by atoms with Crippen LogP contribution in [0.15, 0.2) is 138 Å². The summed E-state index contributed by atoms with van der Waals surface area (Å²) in [5.41, 5.74) is 8.63. The van der Waals surface area contributed by atoms with Gasteiger partial charge in [-0.1, -0.05) is 109 Å². The number of benzene rings is 7. The Balaban J connectivity index is 1.15. The van der Waals surface area contributed by atoms with Gasteiger partial charge >= 0.3 is 0 Å². The molecule has 10 rings (SSSR count). The van der Waals surface area contributed by atoms with E-state index in [0.717, 1.165) is 49.4 Å². The largest absolute Gasteiger partial charge is 0.436 e. The lowest BCUT2D eigenvalue weighted by Gasteiger charge is -2.08. The molecule has 0 atom stereocenters. The highest BCUT2D eigenvalue weighted by Gasteiger charge is 2.17. The first kappa shape index (κ1) is 23.9. The van der Waals surface area contributed by atoms with Crippen molar-refractivity contribution >= 4 is 86.3 Å². The quantitative estimate of drug-likeness (QED) is 0.192. The number of hydrogen-bond donors (Lipinski definition) is 0. The summed E-state index contributed by atoms with van der Waals surface area (Å²) < 4.78 is 9.06. The standard InChI is InChI=1S/C40H22N2OS/c1-3-14-30-27(11-1)28-12-2-4-15-31(28)37-36(30)41-38-33-20-19-24(22-34(33)43-40(38)42-37)23-9-7-10-25(21-23)26-16-8-17-32-29-13-5-6-18-35(29)44-39(26)32/h1-22H. The van der Waals surface area contributed by atoms with Crippen LogP contribution >= 0.6 is 11.3 Å². The molecule has 3 heterocycles. The highest BCUT2D eigenvalue weighted by molar-refractivity contribution is 7.26. The predicted octanol–water partition coefficient (Wildman–Crippen LogP) is 11.5. The maximum atomic E-state index is 6.42. The van der Waals surface area contributed by atoms with E-state index in [-0.39, 0.29) is 0 Å². The Labute approximate surface area is 255 Å². The summed E-state index contributed by atoms with van der Waals surface area (Å²) in [5, 5.41) is 8.15. The van der Waals surface area contributed by atoms with Gasteiger partial charge < -0.3 is 4.42 Å². The zero-order valence-electron chi connectivity index (χ0n) is 23.4. The summed E-state index contributed by atoms with van der Waals surface area (Å²) in [6, 6.07) is 47.4. The number of hydrogen-bond acceptors (Lipinski definition) is 4. The highest BCUT2D eigenvalue weighted by atomic mass is 32.1. The van der Waals surface area contributed by atoms with Gasteiger partial charge in [0.2, 0.25) is 5.71 Å². The van der Waals surface area contributed by atoms with Crippen LogP contribution in [-0.4, -0.2) is 9.97 Å². The molecule has 7 aromatic carbocycles. The smallest absolute Gasteiger partial charge is 0.246 e. The van der Waals surface area contributed by atoms with Crippen molar-refractivity contribution in [1.82, 2.24) is 9.97 Å². The van der Waals surface area contributed by atoms with Crippen molar-refractivity contribution in [3.63, 3.8) is 0 Å². The maximum Gasteiger partial charge on any atom is 0.246 e.